The molecule has 0 amide bonds. The van der Waals surface area contributed by atoms with Gasteiger partial charge in [0.2, 0.25) is 0 Å². The topological polar surface area (TPSA) is 45.0 Å². The molecule has 1 atom stereocenters. The molecular weight excluding hydrogens is 280 g/mol. The fourth-order valence-electron chi connectivity index (χ4n) is 2.02. The van der Waals surface area contributed by atoms with Crippen molar-refractivity contribution in [3.63, 3.8) is 0 Å². The molecule has 1 aliphatic rings. The molecule has 1 saturated heterocycles. The number of benzene rings is 1. The lowest BCUT2D eigenvalue weighted by Crippen LogP contribution is -2.32. The first-order chi connectivity index (χ1) is 8.13. The summed E-state index contributed by atoms with van der Waals surface area (Å²) in [5, 5.41) is 12.3. The van der Waals surface area contributed by atoms with Crippen LogP contribution in [0.15, 0.2) is 22.7 Å². The van der Waals surface area contributed by atoms with E-state index in [-0.39, 0.29) is 5.60 Å². The van der Waals surface area contributed by atoms with Gasteiger partial charge in [0.15, 0.2) is 0 Å². The van der Waals surface area contributed by atoms with Gasteiger partial charge in [-0.05, 0) is 38.0 Å². The maximum atomic E-state index is 9.03. The van der Waals surface area contributed by atoms with Crippen molar-refractivity contribution < 1.29 is 4.74 Å². The van der Waals surface area contributed by atoms with Crippen molar-refractivity contribution in [1.29, 1.82) is 5.26 Å². The van der Waals surface area contributed by atoms with E-state index in [4.69, 9.17) is 10.00 Å². The summed E-state index contributed by atoms with van der Waals surface area (Å²) in [5.41, 5.74) is 1.42. The van der Waals surface area contributed by atoms with Crippen LogP contribution in [0.5, 0.6) is 0 Å². The molecule has 2 rings (SSSR count). The molecule has 1 aliphatic heterocycles. The van der Waals surface area contributed by atoms with Crippen molar-refractivity contribution in [1.82, 2.24) is 0 Å². The summed E-state index contributed by atoms with van der Waals surface area (Å²) in [6.07, 6.45) is 2.18. The number of hydrogen-bond acceptors (Lipinski definition) is 3. The third kappa shape index (κ3) is 2.99. The van der Waals surface area contributed by atoms with E-state index < -0.39 is 0 Å². The summed E-state index contributed by atoms with van der Waals surface area (Å²) in [5.74, 6) is 0. The van der Waals surface area contributed by atoms with Gasteiger partial charge < -0.3 is 10.1 Å². The number of ether oxygens (including phenoxy) is 1. The zero-order valence-electron chi connectivity index (χ0n) is 9.79. The summed E-state index contributed by atoms with van der Waals surface area (Å²) in [6, 6.07) is 7.80. The van der Waals surface area contributed by atoms with Crippen LogP contribution in [-0.2, 0) is 4.74 Å². The fourth-order valence-corrected chi connectivity index (χ4v) is 2.38. The minimum Gasteiger partial charge on any atom is -0.381 e. The van der Waals surface area contributed by atoms with Crippen LogP contribution in [0, 0.1) is 11.3 Å². The van der Waals surface area contributed by atoms with E-state index in [1.54, 1.807) is 0 Å². The van der Waals surface area contributed by atoms with Crippen LogP contribution in [0.2, 0.25) is 0 Å². The number of nitriles is 1. The summed E-state index contributed by atoms with van der Waals surface area (Å²) in [4.78, 5) is 0. The lowest BCUT2D eigenvalue weighted by atomic mass is 10.0. The highest BCUT2D eigenvalue weighted by molar-refractivity contribution is 9.10. The first kappa shape index (κ1) is 12.4. The van der Waals surface area contributed by atoms with Crippen molar-refractivity contribution in [2.45, 2.75) is 25.4 Å². The van der Waals surface area contributed by atoms with E-state index in [2.05, 4.69) is 34.2 Å². The van der Waals surface area contributed by atoms with Gasteiger partial charge in [0.25, 0.3) is 0 Å². The smallest absolute Gasteiger partial charge is 0.101 e. The van der Waals surface area contributed by atoms with Gasteiger partial charge in [-0.25, -0.2) is 0 Å². The Morgan fingerprint density at radius 2 is 2.41 bits per heavy atom. The zero-order valence-corrected chi connectivity index (χ0v) is 11.4. The van der Waals surface area contributed by atoms with Crippen molar-refractivity contribution >= 4 is 21.6 Å². The van der Waals surface area contributed by atoms with E-state index >= 15 is 0 Å². The first-order valence-electron chi connectivity index (χ1n) is 5.70. The Morgan fingerprint density at radius 3 is 3.06 bits per heavy atom. The first-order valence-corrected chi connectivity index (χ1v) is 6.50. The van der Waals surface area contributed by atoms with Crippen LogP contribution >= 0.6 is 15.9 Å². The molecule has 17 heavy (non-hydrogen) atoms. The van der Waals surface area contributed by atoms with Crippen LogP contribution < -0.4 is 5.32 Å². The van der Waals surface area contributed by atoms with Gasteiger partial charge in [-0.3, -0.25) is 0 Å². The quantitative estimate of drug-likeness (QED) is 0.930. The number of nitrogens with zero attached hydrogens (tertiary/aromatic N) is 1. The number of anilines is 1. The van der Waals surface area contributed by atoms with Gasteiger partial charge in [0, 0.05) is 17.6 Å². The van der Waals surface area contributed by atoms with Crippen LogP contribution in [0.4, 0.5) is 5.69 Å². The lowest BCUT2D eigenvalue weighted by Gasteiger charge is -2.24. The SMILES string of the molecule is CC1(CNc2cc(Br)ccc2C#N)CCCO1. The molecule has 0 aliphatic carbocycles. The van der Waals surface area contributed by atoms with Gasteiger partial charge >= 0.3 is 0 Å². The van der Waals surface area contributed by atoms with E-state index in [0.717, 1.165) is 36.2 Å². The van der Waals surface area contributed by atoms with Crippen molar-refractivity contribution in [2.75, 3.05) is 18.5 Å². The van der Waals surface area contributed by atoms with Gasteiger partial charge in [0.1, 0.15) is 6.07 Å². The molecule has 0 saturated carbocycles. The molecule has 3 nitrogen and oxygen atoms in total. The lowest BCUT2D eigenvalue weighted by molar-refractivity contribution is 0.0315. The molecule has 4 heteroatoms. The predicted octanol–water partition coefficient (Wildman–Crippen LogP) is 3.30. The zero-order chi connectivity index (χ0) is 12.3. The minimum atomic E-state index is -0.102. The molecule has 1 aromatic carbocycles. The highest BCUT2D eigenvalue weighted by Crippen LogP contribution is 2.27. The second-order valence-corrected chi connectivity index (χ2v) is 5.47. The maximum Gasteiger partial charge on any atom is 0.101 e. The van der Waals surface area contributed by atoms with Crippen molar-refractivity contribution in [2.24, 2.45) is 0 Å². The molecule has 1 heterocycles. The average molecular weight is 295 g/mol. The summed E-state index contributed by atoms with van der Waals surface area (Å²) >= 11 is 3.41. The van der Waals surface area contributed by atoms with Crippen molar-refractivity contribution in [3.05, 3.63) is 28.2 Å². The number of hydrogen-bond donors (Lipinski definition) is 1. The summed E-state index contributed by atoms with van der Waals surface area (Å²) < 4.78 is 6.68. The normalized spacial score (nSPS) is 23.4. The number of rotatable bonds is 3. The van der Waals surface area contributed by atoms with E-state index in [0.29, 0.717) is 5.56 Å². The van der Waals surface area contributed by atoms with Gasteiger partial charge in [-0.2, -0.15) is 5.26 Å². The Kier molecular flexibility index (Phi) is 3.70. The highest BCUT2D eigenvalue weighted by atomic mass is 79.9. The molecule has 0 bridgehead atoms. The molecule has 1 aromatic rings. The Morgan fingerprint density at radius 1 is 1.59 bits per heavy atom. The monoisotopic (exact) mass is 294 g/mol. The molecule has 90 valence electrons. The third-order valence-electron chi connectivity index (χ3n) is 3.06. The Hall–Kier alpha value is -1.05. The van der Waals surface area contributed by atoms with Crippen molar-refractivity contribution in [3.8, 4) is 6.07 Å². The molecule has 1 N–H and O–H groups in total. The van der Waals surface area contributed by atoms with Crippen LogP contribution in [0.25, 0.3) is 0 Å². The highest BCUT2D eigenvalue weighted by Gasteiger charge is 2.29. The molecular formula is C13H15BrN2O. The molecule has 1 fully saturated rings. The Labute approximate surface area is 110 Å². The second-order valence-electron chi connectivity index (χ2n) is 4.56. The fraction of sp³-hybridized carbons (Fsp3) is 0.462. The van der Waals surface area contributed by atoms with Crippen LogP contribution in [-0.4, -0.2) is 18.8 Å². The minimum absolute atomic E-state index is 0.102. The van der Waals surface area contributed by atoms with Gasteiger partial charge in [0.05, 0.1) is 16.9 Å². The largest absolute Gasteiger partial charge is 0.381 e. The Balaban J connectivity index is 2.08. The maximum absolute atomic E-state index is 9.03. The van der Waals surface area contributed by atoms with Gasteiger partial charge in [-0.15, -0.1) is 0 Å². The van der Waals surface area contributed by atoms with E-state index in [1.165, 1.54) is 0 Å². The second kappa shape index (κ2) is 5.07. The molecule has 0 spiro atoms. The predicted molar refractivity (Wildman–Crippen MR) is 70.9 cm³/mol. The summed E-state index contributed by atoms with van der Waals surface area (Å²) in [7, 11) is 0. The van der Waals surface area contributed by atoms with Gasteiger partial charge in [-0.1, -0.05) is 15.9 Å². The molecule has 0 aromatic heterocycles. The van der Waals surface area contributed by atoms with E-state index in [1.807, 2.05) is 18.2 Å². The average Bonchev–Trinajstić information content (AvgIpc) is 2.74. The van der Waals surface area contributed by atoms with Crippen LogP contribution in [0.1, 0.15) is 25.3 Å². The molecule has 0 radical (unpaired) electrons. The number of halogens is 1. The third-order valence-corrected chi connectivity index (χ3v) is 3.55. The van der Waals surface area contributed by atoms with E-state index in [9.17, 15) is 0 Å². The van der Waals surface area contributed by atoms with Crippen LogP contribution in [0.3, 0.4) is 0 Å². The standard InChI is InChI=1S/C13H15BrN2O/c1-13(5-2-6-17-13)9-16-12-7-11(14)4-3-10(12)8-15/h3-4,7,16H,2,5-6,9H2,1H3. The Bertz CT molecular complexity index is 447. The molecule has 1 unspecified atom stereocenters. The summed E-state index contributed by atoms with van der Waals surface area (Å²) in [6.45, 7) is 3.68. The number of nitrogens with one attached hydrogen (secondary N) is 1.